The Kier molecular flexibility index (Phi) is 3.68. The van der Waals surface area contributed by atoms with E-state index in [1.807, 2.05) is 0 Å². The van der Waals surface area contributed by atoms with Gasteiger partial charge < -0.3 is 10.0 Å². The monoisotopic (exact) mass is 227 g/mol. The molecule has 0 aromatic rings. The minimum atomic E-state index is -0.787. The lowest BCUT2D eigenvalue weighted by molar-refractivity contribution is -0.140. The maximum Gasteiger partial charge on any atom is 0.222 e. The zero-order valence-corrected chi connectivity index (χ0v) is 11.2. The molecule has 16 heavy (non-hydrogen) atoms. The van der Waals surface area contributed by atoms with Crippen LogP contribution in [0.25, 0.3) is 0 Å². The van der Waals surface area contributed by atoms with Crippen LogP contribution in [0.5, 0.6) is 0 Å². The van der Waals surface area contributed by atoms with Crippen molar-refractivity contribution in [3.8, 4) is 0 Å². The summed E-state index contributed by atoms with van der Waals surface area (Å²) in [6.07, 6.45) is 1.67. The number of nitrogens with zero attached hydrogens (tertiary/aromatic N) is 1. The summed E-state index contributed by atoms with van der Waals surface area (Å²) in [4.78, 5) is 13.7. The van der Waals surface area contributed by atoms with Crippen LogP contribution in [-0.2, 0) is 4.79 Å². The lowest BCUT2D eigenvalue weighted by Gasteiger charge is -2.40. The molecule has 3 nitrogen and oxygen atoms in total. The van der Waals surface area contributed by atoms with Gasteiger partial charge in [-0.1, -0.05) is 20.8 Å². The van der Waals surface area contributed by atoms with E-state index in [1.165, 1.54) is 0 Å². The molecule has 0 aromatic heterocycles. The van der Waals surface area contributed by atoms with Crippen molar-refractivity contribution in [3.05, 3.63) is 0 Å². The second-order valence-electron chi connectivity index (χ2n) is 6.68. The minimum absolute atomic E-state index is 0.188. The van der Waals surface area contributed by atoms with Crippen LogP contribution < -0.4 is 0 Å². The normalized spacial score (nSPS) is 23.8. The first kappa shape index (κ1) is 13.5. The van der Waals surface area contributed by atoms with E-state index in [2.05, 4.69) is 20.8 Å². The standard InChI is InChI=1S/C13H25NO2/c1-12(2,3)10-6-7-14(11(15)8-10)9-13(4,5)16/h10,16H,6-9H2,1-5H3. The molecule has 0 spiro atoms. The van der Waals surface area contributed by atoms with Gasteiger partial charge in [0, 0.05) is 19.5 Å². The van der Waals surface area contributed by atoms with Crippen molar-refractivity contribution in [2.45, 2.75) is 53.1 Å². The van der Waals surface area contributed by atoms with E-state index in [0.717, 1.165) is 13.0 Å². The minimum Gasteiger partial charge on any atom is -0.389 e. The van der Waals surface area contributed by atoms with Gasteiger partial charge in [-0.2, -0.15) is 0 Å². The molecule has 0 aliphatic carbocycles. The van der Waals surface area contributed by atoms with Crippen molar-refractivity contribution in [1.82, 2.24) is 4.90 Å². The first-order valence-electron chi connectivity index (χ1n) is 6.10. The van der Waals surface area contributed by atoms with Gasteiger partial charge in [0.1, 0.15) is 0 Å². The number of amides is 1. The van der Waals surface area contributed by atoms with Crippen LogP contribution >= 0.6 is 0 Å². The zero-order valence-electron chi connectivity index (χ0n) is 11.2. The van der Waals surface area contributed by atoms with E-state index in [4.69, 9.17) is 0 Å². The van der Waals surface area contributed by atoms with Crippen LogP contribution in [0.4, 0.5) is 0 Å². The molecule has 1 unspecified atom stereocenters. The van der Waals surface area contributed by atoms with Gasteiger partial charge in [-0.25, -0.2) is 0 Å². The summed E-state index contributed by atoms with van der Waals surface area (Å²) >= 11 is 0. The van der Waals surface area contributed by atoms with E-state index in [1.54, 1.807) is 18.7 Å². The topological polar surface area (TPSA) is 40.5 Å². The van der Waals surface area contributed by atoms with Crippen molar-refractivity contribution >= 4 is 5.91 Å². The molecule has 94 valence electrons. The van der Waals surface area contributed by atoms with Crippen molar-refractivity contribution < 1.29 is 9.90 Å². The molecule has 1 rings (SSSR count). The molecule has 1 fully saturated rings. The summed E-state index contributed by atoms with van der Waals surface area (Å²) in [5.41, 5.74) is -0.583. The summed E-state index contributed by atoms with van der Waals surface area (Å²) in [5.74, 6) is 0.659. The Morgan fingerprint density at radius 2 is 1.88 bits per heavy atom. The number of likely N-dealkylation sites (tertiary alicyclic amines) is 1. The number of β-amino-alcohol motifs (C(OH)–C–C–N with tert-alkyl or cyclic N) is 1. The molecular weight excluding hydrogens is 202 g/mol. The Bertz CT molecular complexity index is 260. The summed E-state index contributed by atoms with van der Waals surface area (Å²) in [6, 6.07) is 0. The van der Waals surface area contributed by atoms with Gasteiger partial charge in [0.05, 0.1) is 5.60 Å². The van der Waals surface area contributed by atoms with Crippen LogP contribution in [0.15, 0.2) is 0 Å². The van der Waals surface area contributed by atoms with Crippen LogP contribution in [0, 0.1) is 11.3 Å². The van der Waals surface area contributed by atoms with Gasteiger partial charge in [0.25, 0.3) is 0 Å². The summed E-state index contributed by atoms with van der Waals surface area (Å²) in [5, 5.41) is 9.72. The lowest BCUT2D eigenvalue weighted by Crippen LogP contribution is -2.47. The molecule has 1 aliphatic heterocycles. The Labute approximate surface area is 98.8 Å². The van der Waals surface area contributed by atoms with Crippen LogP contribution in [0.3, 0.4) is 0 Å². The molecule has 0 bridgehead atoms. The van der Waals surface area contributed by atoms with Gasteiger partial charge in [0.2, 0.25) is 5.91 Å². The zero-order chi connectivity index (χ0) is 12.6. The molecule has 0 saturated carbocycles. The largest absolute Gasteiger partial charge is 0.389 e. The fourth-order valence-corrected chi connectivity index (χ4v) is 2.25. The SMILES string of the molecule is CC(C)(O)CN1CCC(C(C)(C)C)CC1=O. The van der Waals surface area contributed by atoms with E-state index >= 15 is 0 Å². The second kappa shape index (κ2) is 4.36. The van der Waals surface area contributed by atoms with Crippen LogP contribution in [-0.4, -0.2) is 34.6 Å². The van der Waals surface area contributed by atoms with Gasteiger partial charge in [-0.05, 0) is 31.6 Å². The smallest absolute Gasteiger partial charge is 0.222 e. The Hall–Kier alpha value is -0.570. The molecule has 1 saturated heterocycles. The van der Waals surface area contributed by atoms with Crippen molar-refractivity contribution in [2.75, 3.05) is 13.1 Å². The third-order valence-corrected chi connectivity index (χ3v) is 3.32. The highest BCUT2D eigenvalue weighted by atomic mass is 16.3. The third kappa shape index (κ3) is 3.78. The van der Waals surface area contributed by atoms with Gasteiger partial charge >= 0.3 is 0 Å². The number of hydrogen-bond donors (Lipinski definition) is 1. The van der Waals surface area contributed by atoms with Crippen LogP contribution in [0.2, 0.25) is 0 Å². The highest BCUT2D eigenvalue weighted by Gasteiger charge is 2.34. The highest BCUT2D eigenvalue weighted by molar-refractivity contribution is 5.77. The van der Waals surface area contributed by atoms with Gasteiger partial charge in [0.15, 0.2) is 0 Å². The van der Waals surface area contributed by atoms with Gasteiger partial charge in [-0.15, -0.1) is 0 Å². The number of hydrogen-bond acceptors (Lipinski definition) is 2. The molecule has 0 aromatic carbocycles. The average Bonchev–Trinajstić information content (AvgIpc) is 2.04. The number of rotatable bonds is 2. The molecule has 0 radical (unpaired) electrons. The Morgan fingerprint density at radius 1 is 1.31 bits per heavy atom. The lowest BCUT2D eigenvalue weighted by atomic mass is 9.75. The Morgan fingerprint density at radius 3 is 2.25 bits per heavy atom. The predicted octanol–water partition coefficient (Wildman–Crippen LogP) is 2.04. The highest BCUT2D eigenvalue weighted by Crippen LogP contribution is 2.34. The molecule has 1 heterocycles. The molecule has 3 heteroatoms. The average molecular weight is 227 g/mol. The summed E-state index contributed by atoms with van der Waals surface area (Å²) in [7, 11) is 0. The maximum atomic E-state index is 11.9. The number of carbonyl (C=O) groups is 1. The summed E-state index contributed by atoms with van der Waals surface area (Å²) < 4.78 is 0. The molecule has 1 aliphatic rings. The van der Waals surface area contributed by atoms with Crippen molar-refractivity contribution in [1.29, 1.82) is 0 Å². The fourth-order valence-electron chi connectivity index (χ4n) is 2.25. The predicted molar refractivity (Wildman–Crippen MR) is 65.1 cm³/mol. The van der Waals surface area contributed by atoms with Crippen molar-refractivity contribution in [3.63, 3.8) is 0 Å². The quantitative estimate of drug-likeness (QED) is 0.784. The molecular formula is C13H25NO2. The van der Waals surface area contributed by atoms with E-state index < -0.39 is 5.60 Å². The van der Waals surface area contributed by atoms with E-state index in [9.17, 15) is 9.90 Å². The first-order valence-corrected chi connectivity index (χ1v) is 6.10. The van der Waals surface area contributed by atoms with Crippen molar-refractivity contribution in [2.24, 2.45) is 11.3 Å². The fraction of sp³-hybridized carbons (Fsp3) is 0.923. The molecule has 1 amide bonds. The van der Waals surface area contributed by atoms with Crippen LogP contribution in [0.1, 0.15) is 47.5 Å². The number of aliphatic hydroxyl groups is 1. The second-order valence-corrected chi connectivity index (χ2v) is 6.68. The third-order valence-electron chi connectivity index (χ3n) is 3.32. The van der Waals surface area contributed by atoms with E-state index in [-0.39, 0.29) is 11.3 Å². The Balaban J connectivity index is 2.57. The number of carbonyl (C=O) groups excluding carboxylic acids is 1. The maximum absolute atomic E-state index is 11.9. The summed E-state index contributed by atoms with van der Waals surface area (Å²) in [6.45, 7) is 11.3. The van der Waals surface area contributed by atoms with E-state index in [0.29, 0.717) is 18.9 Å². The van der Waals surface area contributed by atoms with Gasteiger partial charge in [-0.3, -0.25) is 4.79 Å². The molecule has 1 atom stereocenters. The number of piperidine rings is 1. The molecule has 1 N–H and O–H groups in total. The first-order chi connectivity index (χ1) is 7.09.